The average Bonchev–Trinajstić information content (AvgIpc) is 2.45. The van der Waals surface area contributed by atoms with Crippen molar-refractivity contribution in [2.75, 3.05) is 13.2 Å². The highest BCUT2D eigenvalue weighted by Crippen LogP contribution is 2.33. The van der Waals surface area contributed by atoms with Gasteiger partial charge in [-0.25, -0.2) is 13.6 Å². The van der Waals surface area contributed by atoms with Crippen LogP contribution in [0.5, 0.6) is 11.5 Å². The third-order valence-electron chi connectivity index (χ3n) is 2.83. The second-order valence-electron chi connectivity index (χ2n) is 4.32. The summed E-state index contributed by atoms with van der Waals surface area (Å²) in [4.78, 5) is 22.9. The molecule has 1 unspecified atom stereocenters. The molecule has 1 aliphatic rings. The molecule has 0 saturated heterocycles. The van der Waals surface area contributed by atoms with E-state index < -0.39 is 30.8 Å². The molecule has 2 rings (SSSR count). The van der Waals surface area contributed by atoms with Crippen molar-refractivity contribution < 1.29 is 33.0 Å². The van der Waals surface area contributed by atoms with Crippen molar-refractivity contribution in [2.24, 2.45) is 0 Å². The third kappa shape index (κ3) is 3.59. The number of carboxylic acids is 1. The molecule has 1 atom stereocenters. The Morgan fingerprint density at radius 3 is 2.67 bits per heavy atom. The zero-order valence-electron chi connectivity index (χ0n) is 10.8. The standard InChI is InChI=1S/C13H13F2NO5/c14-10(15)6-8(13(18)19)16-12(17)7-2-1-3-9-11(7)21-5-4-20-9/h1-3,8,10H,4-6H2,(H,16,17)(H,18,19). The Morgan fingerprint density at radius 2 is 2.00 bits per heavy atom. The number of alkyl halides is 2. The van der Waals surface area contributed by atoms with E-state index in [0.29, 0.717) is 12.4 Å². The minimum atomic E-state index is -2.84. The van der Waals surface area contributed by atoms with E-state index >= 15 is 0 Å². The summed E-state index contributed by atoms with van der Waals surface area (Å²) in [5.41, 5.74) is 0.0488. The molecule has 0 fully saturated rings. The monoisotopic (exact) mass is 301 g/mol. The van der Waals surface area contributed by atoms with E-state index in [1.165, 1.54) is 12.1 Å². The maximum absolute atomic E-state index is 12.3. The summed E-state index contributed by atoms with van der Waals surface area (Å²) < 4.78 is 35.2. The number of benzene rings is 1. The summed E-state index contributed by atoms with van der Waals surface area (Å²) in [6, 6.07) is 2.87. The van der Waals surface area contributed by atoms with Crippen LogP contribution in [0.2, 0.25) is 0 Å². The van der Waals surface area contributed by atoms with Gasteiger partial charge in [-0.05, 0) is 12.1 Å². The highest BCUT2D eigenvalue weighted by atomic mass is 19.3. The quantitative estimate of drug-likeness (QED) is 0.856. The van der Waals surface area contributed by atoms with Gasteiger partial charge in [-0.1, -0.05) is 6.07 Å². The molecule has 8 heteroatoms. The van der Waals surface area contributed by atoms with Crippen LogP contribution in [-0.4, -0.2) is 42.7 Å². The highest BCUT2D eigenvalue weighted by molar-refractivity contribution is 5.99. The number of hydrogen-bond acceptors (Lipinski definition) is 4. The number of carboxylic acid groups (broad SMARTS) is 1. The maximum atomic E-state index is 12.3. The van der Waals surface area contributed by atoms with Gasteiger partial charge in [-0.15, -0.1) is 0 Å². The number of carbonyl (C=O) groups excluding carboxylic acids is 1. The molecular weight excluding hydrogens is 288 g/mol. The molecule has 6 nitrogen and oxygen atoms in total. The van der Waals surface area contributed by atoms with Crippen molar-refractivity contribution in [3.63, 3.8) is 0 Å². The smallest absolute Gasteiger partial charge is 0.326 e. The molecule has 1 heterocycles. The van der Waals surface area contributed by atoms with Crippen LogP contribution in [0.4, 0.5) is 8.78 Å². The molecule has 0 radical (unpaired) electrons. The lowest BCUT2D eigenvalue weighted by atomic mass is 10.1. The minimum Gasteiger partial charge on any atom is -0.486 e. The molecule has 1 aliphatic heterocycles. The van der Waals surface area contributed by atoms with Gasteiger partial charge in [0, 0.05) is 6.42 Å². The first kappa shape index (κ1) is 15.0. The van der Waals surface area contributed by atoms with Gasteiger partial charge in [0.2, 0.25) is 6.43 Å². The van der Waals surface area contributed by atoms with Crippen LogP contribution in [0.3, 0.4) is 0 Å². The number of halogens is 2. The Bertz CT molecular complexity index is 549. The van der Waals surface area contributed by atoms with Crippen LogP contribution in [0.1, 0.15) is 16.8 Å². The Kier molecular flexibility index (Phi) is 4.56. The Hall–Kier alpha value is -2.38. The molecule has 0 aliphatic carbocycles. The number of hydrogen-bond donors (Lipinski definition) is 2. The number of aliphatic carboxylic acids is 1. The van der Waals surface area contributed by atoms with Crippen LogP contribution in [0.25, 0.3) is 0 Å². The Morgan fingerprint density at radius 1 is 1.29 bits per heavy atom. The van der Waals surface area contributed by atoms with Gasteiger partial charge < -0.3 is 19.9 Å². The molecule has 1 aromatic carbocycles. The molecule has 1 amide bonds. The van der Waals surface area contributed by atoms with Gasteiger partial charge in [-0.3, -0.25) is 4.79 Å². The van der Waals surface area contributed by atoms with E-state index in [1.54, 1.807) is 6.07 Å². The summed E-state index contributed by atoms with van der Waals surface area (Å²) in [5, 5.41) is 10.9. The van der Waals surface area contributed by atoms with Gasteiger partial charge in [0.1, 0.15) is 19.3 Å². The topological polar surface area (TPSA) is 84.9 Å². The lowest BCUT2D eigenvalue weighted by molar-refractivity contribution is -0.140. The fourth-order valence-corrected chi connectivity index (χ4v) is 1.89. The van der Waals surface area contributed by atoms with E-state index in [9.17, 15) is 18.4 Å². The Labute approximate surface area is 118 Å². The van der Waals surface area contributed by atoms with Crippen molar-refractivity contribution in [3.8, 4) is 11.5 Å². The number of rotatable bonds is 5. The second kappa shape index (κ2) is 6.38. The first-order valence-corrected chi connectivity index (χ1v) is 6.19. The van der Waals surface area contributed by atoms with Crippen LogP contribution < -0.4 is 14.8 Å². The predicted molar refractivity (Wildman–Crippen MR) is 66.9 cm³/mol. The summed E-state index contributed by atoms with van der Waals surface area (Å²) >= 11 is 0. The van der Waals surface area contributed by atoms with Crippen LogP contribution in [-0.2, 0) is 4.79 Å². The van der Waals surface area contributed by atoms with E-state index in [2.05, 4.69) is 5.32 Å². The van der Waals surface area contributed by atoms with Crippen LogP contribution in [0.15, 0.2) is 18.2 Å². The predicted octanol–water partition coefficient (Wildman–Crippen LogP) is 1.30. The largest absolute Gasteiger partial charge is 0.486 e. The third-order valence-corrected chi connectivity index (χ3v) is 2.83. The summed E-state index contributed by atoms with van der Waals surface area (Å²) in [7, 11) is 0. The van der Waals surface area contributed by atoms with E-state index in [1.807, 2.05) is 0 Å². The van der Waals surface area contributed by atoms with Crippen molar-refractivity contribution in [1.29, 1.82) is 0 Å². The average molecular weight is 301 g/mol. The zero-order valence-corrected chi connectivity index (χ0v) is 10.8. The first-order chi connectivity index (χ1) is 9.99. The zero-order chi connectivity index (χ0) is 15.4. The molecule has 0 aromatic heterocycles. The molecule has 114 valence electrons. The van der Waals surface area contributed by atoms with E-state index in [0.717, 1.165) is 0 Å². The molecular formula is C13H13F2NO5. The lowest BCUT2D eigenvalue weighted by Crippen LogP contribution is -2.42. The van der Waals surface area contributed by atoms with Gasteiger partial charge >= 0.3 is 5.97 Å². The number of carbonyl (C=O) groups is 2. The summed E-state index contributed by atoms with van der Waals surface area (Å²) in [5.74, 6) is -1.78. The fourth-order valence-electron chi connectivity index (χ4n) is 1.89. The second-order valence-corrected chi connectivity index (χ2v) is 4.32. The number of amides is 1. The minimum absolute atomic E-state index is 0.0488. The number of nitrogens with one attached hydrogen (secondary N) is 1. The molecule has 2 N–H and O–H groups in total. The van der Waals surface area contributed by atoms with Gasteiger partial charge in [0.05, 0.1) is 5.56 Å². The van der Waals surface area contributed by atoms with Crippen molar-refractivity contribution in [3.05, 3.63) is 23.8 Å². The fraction of sp³-hybridized carbons (Fsp3) is 0.385. The van der Waals surface area contributed by atoms with Crippen LogP contribution >= 0.6 is 0 Å². The van der Waals surface area contributed by atoms with Crippen molar-refractivity contribution in [2.45, 2.75) is 18.9 Å². The van der Waals surface area contributed by atoms with Crippen LogP contribution in [0, 0.1) is 0 Å². The Balaban J connectivity index is 2.18. The summed E-state index contributed by atoms with van der Waals surface area (Å²) in [6.45, 7) is 0.581. The van der Waals surface area contributed by atoms with Gasteiger partial charge in [-0.2, -0.15) is 0 Å². The maximum Gasteiger partial charge on any atom is 0.326 e. The van der Waals surface area contributed by atoms with Crippen molar-refractivity contribution in [1.82, 2.24) is 5.32 Å². The molecule has 1 aromatic rings. The van der Waals surface area contributed by atoms with Gasteiger partial charge in [0.25, 0.3) is 5.91 Å². The highest BCUT2D eigenvalue weighted by Gasteiger charge is 2.27. The SMILES string of the molecule is O=C(NC(CC(F)F)C(=O)O)c1cccc2c1OCCO2. The number of para-hydroxylation sites is 1. The number of fused-ring (bicyclic) bond motifs is 1. The molecule has 0 saturated carbocycles. The van der Waals surface area contributed by atoms with E-state index in [-0.39, 0.29) is 17.9 Å². The molecule has 21 heavy (non-hydrogen) atoms. The van der Waals surface area contributed by atoms with Crippen molar-refractivity contribution >= 4 is 11.9 Å². The first-order valence-electron chi connectivity index (χ1n) is 6.19. The van der Waals surface area contributed by atoms with Gasteiger partial charge in [0.15, 0.2) is 11.5 Å². The number of ether oxygens (including phenoxy) is 2. The normalized spacial score (nSPS) is 14.6. The van der Waals surface area contributed by atoms with E-state index in [4.69, 9.17) is 14.6 Å². The lowest BCUT2D eigenvalue weighted by Gasteiger charge is -2.21. The summed E-state index contributed by atoms with van der Waals surface area (Å²) in [6.07, 6.45) is -3.80. The molecule has 0 bridgehead atoms. The molecule has 0 spiro atoms.